The van der Waals surface area contributed by atoms with E-state index in [0.717, 1.165) is 0 Å². The number of Topliss-reactive ketones (excluding diaryl/α,β-unsaturated/α-hetero) is 1. The number of ether oxygens (including phenoxy) is 1. The van der Waals surface area contributed by atoms with Crippen LogP contribution in [-0.4, -0.2) is 66.7 Å². The summed E-state index contributed by atoms with van der Waals surface area (Å²) in [6, 6.07) is 8.35. The number of aromatic nitrogens is 6. The van der Waals surface area contributed by atoms with Crippen molar-refractivity contribution in [2.75, 3.05) is 11.9 Å². The van der Waals surface area contributed by atoms with Gasteiger partial charge in [0.1, 0.15) is 22.3 Å². The van der Waals surface area contributed by atoms with Gasteiger partial charge in [0.25, 0.3) is 16.7 Å². The van der Waals surface area contributed by atoms with E-state index in [4.69, 9.17) is 16.3 Å². The molecule has 0 atom stereocenters. The van der Waals surface area contributed by atoms with Crippen molar-refractivity contribution in [3.05, 3.63) is 101 Å². The minimum Gasteiger partial charge on any atom is -0.291 e. The molecular formula is C33H50BrClN6O5Sn. The number of hydrogen-bond acceptors (Lipinski definition) is 8. The van der Waals surface area contributed by atoms with Crippen LogP contribution in [0.3, 0.4) is 0 Å². The van der Waals surface area contributed by atoms with Crippen LogP contribution in [-0.2, 0) is 4.74 Å². The molecule has 0 aliphatic heterocycles. The van der Waals surface area contributed by atoms with Crippen LogP contribution < -0.4 is 16.7 Å². The molecule has 3 rings (SSSR count). The molecule has 0 fully saturated rings. The molecule has 0 spiro atoms. The number of H-pyrrole nitrogens is 3. The third-order valence-corrected chi connectivity index (χ3v) is 24.1. The van der Waals surface area contributed by atoms with E-state index in [1.807, 2.05) is 6.92 Å². The van der Waals surface area contributed by atoms with Gasteiger partial charge in [-0.2, -0.15) is 15.3 Å². The molecule has 0 unspecified atom stereocenters. The maximum atomic E-state index is 10.9. The number of rotatable bonds is 15. The van der Waals surface area contributed by atoms with Gasteiger partial charge in [0, 0.05) is 18.2 Å². The van der Waals surface area contributed by atoms with Crippen LogP contribution in [0.15, 0.2) is 67.5 Å². The molecule has 0 aliphatic rings. The standard InChI is InChI=1S/C8H10N2O2.C6H5BrN2O2.C4H3ClN2O.3C4H9.C3H5.Sn/c1-3-12-6(2)7-4-5-8(11)10-9-7;7-3-5(10)4-1-2-6(11)9-8-4;5-3-1-2-4(8)7-6-3;3*1-3-4-2;1-3-2;/h4-5H,2-3H2,1H3,(H,10,11);1-2H,3H2,(H,9,11);1-2H,(H,7,8);3*1,3-4H2,2H3;1H2,2H3;. The Hall–Kier alpha value is -2.84. The molecule has 0 aliphatic carbocycles. The topological polar surface area (TPSA) is 164 Å². The fraction of sp³-hybridized carbons (Fsp3) is 0.485. The second-order valence-electron chi connectivity index (χ2n) is 10.6. The molecule has 11 nitrogen and oxygen atoms in total. The van der Waals surface area contributed by atoms with Crippen molar-refractivity contribution < 1.29 is 9.53 Å². The summed E-state index contributed by atoms with van der Waals surface area (Å²) in [4.78, 5) is 42.2. The van der Waals surface area contributed by atoms with Crippen LogP contribution in [0.25, 0.3) is 5.76 Å². The van der Waals surface area contributed by atoms with Crippen LogP contribution in [0.2, 0.25) is 18.5 Å². The normalized spacial score (nSPS) is 10.2. The number of carbonyl (C=O) groups is 1. The molecule has 3 aromatic heterocycles. The van der Waals surface area contributed by atoms with Gasteiger partial charge < -0.3 is 4.74 Å². The zero-order valence-electron chi connectivity index (χ0n) is 28.3. The second-order valence-corrected chi connectivity index (χ2v) is 25.6. The smallest absolute Gasteiger partial charge is 0.264 e. The van der Waals surface area contributed by atoms with E-state index in [0.29, 0.717) is 23.2 Å². The first-order chi connectivity index (χ1) is 22.4. The Balaban J connectivity index is 0.000000615. The Morgan fingerprint density at radius 3 is 1.49 bits per heavy atom. The van der Waals surface area contributed by atoms with Crippen LogP contribution >= 0.6 is 27.5 Å². The Labute approximate surface area is 295 Å². The number of carbonyl (C=O) groups excluding carboxylic acids is 1. The minimum atomic E-state index is -1.94. The summed E-state index contributed by atoms with van der Waals surface area (Å²) >= 11 is 6.37. The molecule has 0 amide bonds. The molecule has 0 saturated heterocycles. The van der Waals surface area contributed by atoms with Gasteiger partial charge in [-0.25, -0.2) is 15.3 Å². The summed E-state index contributed by atoms with van der Waals surface area (Å²) in [5.74, 6) is 0.315. The number of aromatic amines is 3. The monoisotopic (exact) mass is 844 g/mol. The molecule has 14 heteroatoms. The summed E-state index contributed by atoms with van der Waals surface area (Å²) < 4.78 is 11.4. The number of unbranched alkanes of at least 4 members (excludes halogenated alkanes) is 3. The van der Waals surface area contributed by atoms with Gasteiger partial charge in [0.2, 0.25) is 0 Å². The fourth-order valence-electron chi connectivity index (χ4n) is 4.20. The van der Waals surface area contributed by atoms with E-state index in [9.17, 15) is 19.2 Å². The average Bonchev–Trinajstić information content (AvgIpc) is 3.07. The number of alkyl halides is 1. The summed E-state index contributed by atoms with van der Waals surface area (Å²) in [6.45, 7) is 19.7. The maximum absolute atomic E-state index is 10.9. The van der Waals surface area contributed by atoms with Gasteiger partial charge in [0.05, 0.1) is 11.9 Å². The number of nitrogens with one attached hydrogen (secondary N) is 3. The van der Waals surface area contributed by atoms with E-state index in [2.05, 4.69) is 87.4 Å². The van der Waals surface area contributed by atoms with Gasteiger partial charge in [-0.3, -0.25) is 19.2 Å². The second kappa shape index (κ2) is 26.2. The summed E-state index contributed by atoms with van der Waals surface area (Å²) in [7, 11) is 0. The Morgan fingerprint density at radius 1 is 0.766 bits per heavy atom. The number of ketones is 1. The van der Waals surface area contributed by atoms with Crippen LogP contribution in [0, 0.1) is 0 Å². The first-order valence-electron chi connectivity index (χ1n) is 15.8. The number of hydrogen-bond donors (Lipinski definition) is 3. The van der Waals surface area contributed by atoms with Crippen molar-refractivity contribution in [3.8, 4) is 0 Å². The summed E-state index contributed by atoms with van der Waals surface area (Å²) in [5.41, 5.74) is 0.0338. The van der Waals surface area contributed by atoms with E-state index in [1.54, 1.807) is 23.0 Å². The van der Waals surface area contributed by atoms with Crippen molar-refractivity contribution in [3.63, 3.8) is 0 Å². The molecular weight excluding hydrogens is 794 g/mol. The first-order valence-corrected chi connectivity index (χ1v) is 24.8. The molecule has 0 radical (unpaired) electrons. The third kappa shape index (κ3) is 19.5. The first kappa shape index (κ1) is 44.2. The fourth-order valence-corrected chi connectivity index (χ4v) is 19.2. The van der Waals surface area contributed by atoms with Crippen molar-refractivity contribution in [2.45, 2.75) is 86.5 Å². The van der Waals surface area contributed by atoms with Crippen LogP contribution in [0.5, 0.6) is 0 Å². The minimum absolute atomic E-state index is 0.152. The number of allylic oxidation sites excluding steroid dienone is 1. The van der Waals surface area contributed by atoms with E-state index >= 15 is 0 Å². The Morgan fingerprint density at radius 2 is 1.19 bits per heavy atom. The maximum Gasteiger partial charge on any atom is 0.264 e. The van der Waals surface area contributed by atoms with Gasteiger partial charge in [-0.15, -0.1) is 0 Å². The Bertz CT molecular complexity index is 1440. The third-order valence-electron chi connectivity index (χ3n) is 6.95. The predicted octanol–water partition coefficient (Wildman–Crippen LogP) is 7.50. The molecule has 3 heterocycles. The van der Waals surface area contributed by atoms with Crippen LogP contribution in [0.4, 0.5) is 0 Å². The van der Waals surface area contributed by atoms with Crippen molar-refractivity contribution in [2.24, 2.45) is 0 Å². The van der Waals surface area contributed by atoms with Gasteiger partial charge >= 0.3 is 108 Å². The zero-order chi connectivity index (χ0) is 35.7. The Kier molecular flexibility index (Phi) is 24.6. The van der Waals surface area contributed by atoms with Gasteiger partial charge in [-0.1, -0.05) is 34.1 Å². The van der Waals surface area contributed by atoms with E-state index < -0.39 is 18.4 Å². The van der Waals surface area contributed by atoms with Gasteiger partial charge in [0.15, 0.2) is 5.78 Å². The molecule has 0 saturated carbocycles. The van der Waals surface area contributed by atoms with E-state index in [-0.39, 0.29) is 33.5 Å². The van der Waals surface area contributed by atoms with E-state index in [1.165, 1.54) is 68.9 Å². The van der Waals surface area contributed by atoms with Crippen molar-refractivity contribution in [1.82, 2.24) is 30.6 Å². The predicted molar refractivity (Wildman–Crippen MR) is 198 cm³/mol. The molecule has 3 N–H and O–H groups in total. The molecule has 0 aromatic carbocycles. The molecule has 3 aromatic rings. The molecule has 260 valence electrons. The largest absolute Gasteiger partial charge is 0.291 e. The molecule has 47 heavy (non-hydrogen) atoms. The van der Waals surface area contributed by atoms with Crippen molar-refractivity contribution >= 4 is 57.5 Å². The zero-order valence-corrected chi connectivity index (χ0v) is 33.5. The van der Waals surface area contributed by atoms with Crippen molar-refractivity contribution in [1.29, 1.82) is 0 Å². The summed E-state index contributed by atoms with van der Waals surface area (Å²) in [5, 5.41) is 17.8. The average molecular weight is 845 g/mol. The number of halogens is 2. The van der Waals surface area contributed by atoms with Crippen LogP contribution in [0.1, 0.15) is 89.3 Å². The quantitative estimate of drug-likeness (QED) is 0.0613. The molecule has 0 bridgehead atoms. The van der Waals surface area contributed by atoms with Gasteiger partial charge in [-0.05, 0) is 25.1 Å². The summed E-state index contributed by atoms with van der Waals surface area (Å²) in [6.07, 6.45) is 8.46. The number of nitrogens with zero attached hydrogens (tertiary/aromatic N) is 3. The SMILES string of the molecule is C=C(OCC)c1ccc(=O)[nH]n1.C=[C](C)[Sn]([CH2]CCC)([CH2]CCC)[CH2]CCC.O=C(CBr)c1ccc(=O)[nH]n1.O=c1ccc(Cl)n[nH]1.